The normalized spacial score (nSPS) is 14.6. The van der Waals surface area contributed by atoms with Crippen LogP contribution in [0.3, 0.4) is 0 Å². The second kappa shape index (κ2) is 11.1. The molecular formula is C34H43N3. The first-order valence-electron chi connectivity index (χ1n) is 14.3. The molecule has 1 N–H and O–H groups in total. The van der Waals surface area contributed by atoms with Gasteiger partial charge in [-0.2, -0.15) is 0 Å². The number of anilines is 1. The summed E-state index contributed by atoms with van der Waals surface area (Å²) < 4.78 is 0. The fraction of sp³-hybridized carbons (Fsp3) is 0.412. The second-order valence-electron chi connectivity index (χ2n) is 11.8. The Morgan fingerprint density at radius 2 is 1.51 bits per heavy atom. The zero-order valence-electron chi connectivity index (χ0n) is 23.2. The molecule has 3 aromatic carbocycles. The maximum atomic E-state index is 3.70. The number of nitrogens with one attached hydrogen (secondary N) is 1. The van der Waals surface area contributed by atoms with Crippen LogP contribution in [0.5, 0.6) is 0 Å². The molecule has 1 heterocycles. The summed E-state index contributed by atoms with van der Waals surface area (Å²) in [7, 11) is 0. The minimum atomic E-state index is 0.178. The quantitative estimate of drug-likeness (QED) is 0.223. The average Bonchev–Trinajstić information content (AvgIpc) is 3.46. The lowest BCUT2D eigenvalue weighted by Crippen LogP contribution is -2.40. The largest absolute Gasteiger partial charge is 0.289 e. The van der Waals surface area contributed by atoms with Gasteiger partial charge in [-0.05, 0) is 70.2 Å². The molecule has 3 heteroatoms. The van der Waals surface area contributed by atoms with Gasteiger partial charge in [0.2, 0.25) is 0 Å². The van der Waals surface area contributed by atoms with Crippen molar-refractivity contribution >= 4 is 5.69 Å². The lowest BCUT2D eigenvalue weighted by molar-refractivity contribution is 0.254. The number of hydrogen-bond donors (Lipinski definition) is 1. The molecule has 0 bridgehead atoms. The highest BCUT2D eigenvalue weighted by molar-refractivity contribution is 5.78. The van der Waals surface area contributed by atoms with Crippen molar-refractivity contribution in [1.29, 1.82) is 0 Å². The SMILES string of the molecule is CCCCCCCCC1=CN(c2ccc3c(c2)Cc2ccccc2-3)NN1Cc1ccc(C(C)(C)C)cc1. The van der Waals surface area contributed by atoms with E-state index in [9.17, 15) is 0 Å². The first kappa shape index (κ1) is 25.6. The van der Waals surface area contributed by atoms with Gasteiger partial charge in [-0.1, -0.05) is 114 Å². The van der Waals surface area contributed by atoms with E-state index >= 15 is 0 Å². The van der Waals surface area contributed by atoms with Crippen molar-refractivity contribution in [3.63, 3.8) is 0 Å². The summed E-state index contributed by atoms with van der Waals surface area (Å²) in [6.45, 7) is 9.97. The molecule has 0 fully saturated rings. The number of benzene rings is 3. The second-order valence-corrected chi connectivity index (χ2v) is 11.8. The molecule has 3 nitrogen and oxygen atoms in total. The fourth-order valence-corrected chi connectivity index (χ4v) is 5.57. The maximum Gasteiger partial charge on any atom is 0.0609 e. The number of unbranched alkanes of at least 4 members (excludes halogenated alkanes) is 5. The first-order chi connectivity index (χ1) is 17.9. The third kappa shape index (κ3) is 5.93. The lowest BCUT2D eigenvalue weighted by Gasteiger charge is -2.26. The summed E-state index contributed by atoms with van der Waals surface area (Å²) in [4.78, 5) is 0. The molecule has 2 aliphatic rings. The van der Waals surface area contributed by atoms with E-state index in [1.54, 1.807) is 0 Å². The summed E-state index contributed by atoms with van der Waals surface area (Å²) in [6, 6.07) is 24.9. The molecule has 0 amide bonds. The van der Waals surface area contributed by atoms with E-state index in [0.717, 1.165) is 19.4 Å². The van der Waals surface area contributed by atoms with E-state index in [1.165, 1.54) is 83.3 Å². The van der Waals surface area contributed by atoms with Gasteiger partial charge in [0.05, 0.1) is 12.2 Å². The van der Waals surface area contributed by atoms with Crippen molar-refractivity contribution in [2.75, 3.05) is 5.01 Å². The van der Waals surface area contributed by atoms with E-state index in [1.807, 2.05) is 0 Å². The Balaban J connectivity index is 1.31. The molecule has 0 spiro atoms. The van der Waals surface area contributed by atoms with Crippen LogP contribution >= 0.6 is 0 Å². The van der Waals surface area contributed by atoms with Gasteiger partial charge in [0, 0.05) is 11.9 Å². The van der Waals surface area contributed by atoms with E-state index in [-0.39, 0.29) is 5.41 Å². The highest BCUT2D eigenvalue weighted by Gasteiger charge is 2.24. The van der Waals surface area contributed by atoms with Crippen molar-refractivity contribution in [2.24, 2.45) is 0 Å². The number of allylic oxidation sites excluding steroid dienone is 1. The Morgan fingerprint density at radius 1 is 0.784 bits per heavy atom. The summed E-state index contributed by atoms with van der Waals surface area (Å²) in [5, 5.41) is 4.57. The van der Waals surface area contributed by atoms with Crippen LogP contribution < -0.4 is 10.5 Å². The third-order valence-electron chi connectivity index (χ3n) is 7.86. The summed E-state index contributed by atoms with van der Waals surface area (Å²) in [5.41, 5.74) is 14.8. The molecule has 0 saturated heterocycles. The van der Waals surface area contributed by atoms with Crippen molar-refractivity contribution < 1.29 is 0 Å². The van der Waals surface area contributed by atoms with Crippen LogP contribution in [0.15, 0.2) is 78.6 Å². The van der Waals surface area contributed by atoms with E-state index in [2.05, 4.69) is 116 Å². The van der Waals surface area contributed by atoms with Crippen LogP contribution in [-0.4, -0.2) is 5.01 Å². The standard InChI is InChI=1S/C34H43N3/c1-5-6-7-8-9-10-14-31-25-37(35-36(31)24-26-16-18-29(19-17-26)34(2,3)4)30-20-21-33-28(23-30)22-27-13-11-12-15-32(27)33/h11-13,15-21,23,25,35H,5-10,14,22,24H2,1-4H3. The van der Waals surface area contributed by atoms with Crippen LogP contribution in [0.25, 0.3) is 11.1 Å². The lowest BCUT2D eigenvalue weighted by atomic mass is 9.87. The Kier molecular flexibility index (Phi) is 7.71. The number of fused-ring (bicyclic) bond motifs is 3. The minimum Gasteiger partial charge on any atom is -0.289 e. The van der Waals surface area contributed by atoms with Gasteiger partial charge in [0.1, 0.15) is 0 Å². The van der Waals surface area contributed by atoms with Crippen LogP contribution in [0, 0.1) is 0 Å². The van der Waals surface area contributed by atoms with Crippen LogP contribution in [0.4, 0.5) is 5.69 Å². The van der Waals surface area contributed by atoms with E-state index in [4.69, 9.17) is 0 Å². The predicted octanol–water partition coefficient (Wildman–Crippen LogP) is 8.89. The van der Waals surface area contributed by atoms with Crippen LogP contribution in [0.2, 0.25) is 0 Å². The van der Waals surface area contributed by atoms with Gasteiger partial charge in [-0.3, -0.25) is 10.0 Å². The average molecular weight is 494 g/mol. The maximum absolute atomic E-state index is 3.70. The molecule has 0 aromatic heterocycles. The topological polar surface area (TPSA) is 18.5 Å². The van der Waals surface area contributed by atoms with Crippen molar-refractivity contribution in [3.05, 3.63) is 101 Å². The summed E-state index contributed by atoms with van der Waals surface area (Å²) in [5.74, 6) is 0. The van der Waals surface area contributed by atoms with Crippen LogP contribution in [0.1, 0.15) is 94.9 Å². The summed E-state index contributed by atoms with van der Waals surface area (Å²) >= 11 is 0. The molecule has 5 rings (SSSR count). The molecule has 37 heavy (non-hydrogen) atoms. The van der Waals surface area contributed by atoms with Crippen LogP contribution in [-0.2, 0) is 18.4 Å². The monoisotopic (exact) mass is 493 g/mol. The first-order valence-corrected chi connectivity index (χ1v) is 14.3. The number of hydrazine groups is 2. The van der Waals surface area contributed by atoms with Gasteiger partial charge >= 0.3 is 0 Å². The number of nitrogens with zero attached hydrogens (tertiary/aromatic N) is 2. The Morgan fingerprint density at radius 3 is 2.30 bits per heavy atom. The molecule has 194 valence electrons. The highest BCUT2D eigenvalue weighted by atomic mass is 15.8. The minimum absolute atomic E-state index is 0.178. The van der Waals surface area contributed by atoms with Gasteiger partial charge in [0.15, 0.2) is 0 Å². The van der Waals surface area contributed by atoms with Crippen molar-refractivity contribution in [2.45, 2.75) is 91.0 Å². The van der Waals surface area contributed by atoms with Gasteiger partial charge in [-0.25, -0.2) is 0 Å². The highest BCUT2D eigenvalue weighted by Crippen LogP contribution is 2.38. The fourth-order valence-electron chi connectivity index (χ4n) is 5.57. The molecule has 3 aromatic rings. The third-order valence-corrected chi connectivity index (χ3v) is 7.86. The van der Waals surface area contributed by atoms with E-state index < -0.39 is 0 Å². The Hall–Kier alpha value is -3.04. The molecular weight excluding hydrogens is 450 g/mol. The Labute approximate surface area is 224 Å². The summed E-state index contributed by atoms with van der Waals surface area (Å²) in [6.07, 6.45) is 12.4. The zero-order valence-corrected chi connectivity index (χ0v) is 23.2. The molecule has 1 aliphatic heterocycles. The van der Waals surface area contributed by atoms with Crippen molar-refractivity contribution in [3.8, 4) is 11.1 Å². The Bertz CT molecular complexity index is 1230. The smallest absolute Gasteiger partial charge is 0.0609 e. The zero-order chi connectivity index (χ0) is 25.8. The number of rotatable bonds is 10. The number of hydrogen-bond acceptors (Lipinski definition) is 3. The van der Waals surface area contributed by atoms with Gasteiger partial charge in [-0.15, -0.1) is 5.53 Å². The van der Waals surface area contributed by atoms with Gasteiger partial charge in [0.25, 0.3) is 0 Å². The van der Waals surface area contributed by atoms with Crippen molar-refractivity contribution in [1.82, 2.24) is 10.5 Å². The molecule has 0 saturated carbocycles. The molecule has 0 unspecified atom stereocenters. The predicted molar refractivity (Wildman–Crippen MR) is 157 cm³/mol. The van der Waals surface area contributed by atoms with Gasteiger partial charge < -0.3 is 0 Å². The molecule has 0 radical (unpaired) electrons. The molecule has 1 aliphatic carbocycles. The molecule has 0 atom stereocenters. The van der Waals surface area contributed by atoms with E-state index in [0.29, 0.717) is 0 Å².